The smallest absolute Gasteiger partial charge is 0.164 e. The number of thiophene rings is 1. The highest BCUT2D eigenvalue weighted by molar-refractivity contribution is 7.26. The molecule has 0 amide bonds. The number of hydrogen-bond donors (Lipinski definition) is 0. The summed E-state index contributed by atoms with van der Waals surface area (Å²) < 4.78 is 2.60. The predicted molar refractivity (Wildman–Crippen MR) is 192 cm³/mol. The fourth-order valence-electron chi connectivity index (χ4n) is 7.08. The maximum Gasteiger partial charge on any atom is 0.164 e. The van der Waals surface area contributed by atoms with E-state index in [1.807, 2.05) is 29.5 Å². The van der Waals surface area contributed by atoms with Gasteiger partial charge in [-0.1, -0.05) is 141 Å². The van der Waals surface area contributed by atoms with Crippen LogP contribution in [-0.4, -0.2) is 15.0 Å². The first kappa shape index (κ1) is 26.9. The molecular weight excluding hydrogens is 579 g/mol. The summed E-state index contributed by atoms with van der Waals surface area (Å²) in [5, 5.41) is 2.59. The van der Waals surface area contributed by atoms with E-state index in [0.717, 1.165) is 22.3 Å². The minimum absolute atomic E-state index is 0.109. The topological polar surface area (TPSA) is 38.7 Å². The van der Waals surface area contributed by atoms with E-state index in [4.69, 9.17) is 15.0 Å². The summed E-state index contributed by atoms with van der Waals surface area (Å²) in [5.74, 6) is 2.02. The molecule has 2 heterocycles. The number of rotatable bonds is 4. The summed E-state index contributed by atoms with van der Waals surface area (Å²) in [7, 11) is 0. The molecule has 1 aliphatic carbocycles. The van der Waals surface area contributed by atoms with Crippen LogP contribution in [0.2, 0.25) is 0 Å². The van der Waals surface area contributed by atoms with Gasteiger partial charge in [0.25, 0.3) is 0 Å². The molecule has 0 saturated carbocycles. The van der Waals surface area contributed by atoms with Crippen molar-refractivity contribution in [1.29, 1.82) is 0 Å². The second-order valence-electron chi connectivity index (χ2n) is 12.4. The van der Waals surface area contributed by atoms with E-state index < -0.39 is 0 Å². The molecule has 8 aromatic rings. The average molecular weight is 608 g/mol. The number of fused-ring (bicyclic) bond motifs is 6. The van der Waals surface area contributed by atoms with E-state index >= 15 is 0 Å². The Bertz CT molecular complexity index is 2460. The minimum Gasteiger partial charge on any atom is -0.208 e. The van der Waals surface area contributed by atoms with Gasteiger partial charge in [-0.25, -0.2) is 15.0 Å². The molecule has 0 fully saturated rings. The fourth-order valence-corrected chi connectivity index (χ4v) is 8.32. The normalized spacial score (nSPS) is 13.2. The van der Waals surface area contributed by atoms with Crippen molar-refractivity contribution in [1.82, 2.24) is 15.0 Å². The molecule has 0 atom stereocenters. The number of nitrogens with zero attached hydrogens (tertiary/aromatic N) is 3. The van der Waals surface area contributed by atoms with Gasteiger partial charge in [0.1, 0.15) is 0 Å². The van der Waals surface area contributed by atoms with Crippen molar-refractivity contribution in [3.05, 3.63) is 151 Å². The van der Waals surface area contributed by atoms with E-state index in [2.05, 4.69) is 135 Å². The molecule has 0 N–H and O–H groups in total. The Labute approximate surface area is 271 Å². The van der Waals surface area contributed by atoms with Crippen LogP contribution < -0.4 is 0 Å². The Morgan fingerprint density at radius 1 is 0.457 bits per heavy atom. The third-order valence-electron chi connectivity index (χ3n) is 9.35. The van der Waals surface area contributed by atoms with Gasteiger partial charge in [-0.2, -0.15) is 0 Å². The Balaban J connectivity index is 1.25. The molecule has 1 aliphatic rings. The highest BCUT2D eigenvalue weighted by atomic mass is 32.1. The standard InChI is InChI=1S/C42H29N3S/c1-42(2)34-22-8-6-18-32(34)37-33(21-12-23-35(37)42)41-44-39(26-13-4-3-5-14-26)43-40(45-41)28-16-10-15-27(25-28)29-19-11-20-31-30-17-7-9-24-36(30)46-38(29)31/h3-25H,1-2H3. The largest absolute Gasteiger partial charge is 0.208 e. The molecule has 0 saturated heterocycles. The number of hydrogen-bond acceptors (Lipinski definition) is 4. The highest BCUT2D eigenvalue weighted by Gasteiger charge is 2.37. The van der Waals surface area contributed by atoms with Crippen LogP contribution in [0.1, 0.15) is 25.0 Å². The molecule has 0 unspecified atom stereocenters. The van der Waals surface area contributed by atoms with Crippen LogP contribution in [0.25, 0.3) is 76.6 Å². The quantitative estimate of drug-likeness (QED) is 0.200. The van der Waals surface area contributed by atoms with Gasteiger partial charge in [0, 0.05) is 42.3 Å². The molecule has 0 aliphatic heterocycles. The van der Waals surface area contributed by atoms with E-state index in [1.54, 1.807) is 0 Å². The van der Waals surface area contributed by atoms with Gasteiger partial charge in [-0.3, -0.25) is 0 Å². The van der Waals surface area contributed by atoms with Gasteiger partial charge in [0.15, 0.2) is 17.5 Å². The molecule has 3 nitrogen and oxygen atoms in total. The SMILES string of the molecule is CC1(C)c2ccccc2-c2c(-c3nc(-c4ccccc4)nc(-c4cccc(-c5cccc6c5sc5ccccc56)c4)n3)cccc21. The number of aromatic nitrogens is 3. The van der Waals surface area contributed by atoms with Crippen LogP contribution in [0.3, 0.4) is 0 Å². The first-order chi connectivity index (χ1) is 22.6. The van der Waals surface area contributed by atoms with Crippen LogP contribution in [-0.2, 0) is 5.41 Å². The molecule has 9 rings (SSSR count). The van der Waals surface area contributed by atoms with Gasteiger partial charge >= 0.3 is 0 Å². The summed E-state index contributed by atoms with van der Waals surface area (Å²) in [6.45, 7) is 4.61. The summed E-state index contributed by atoms with van der Waals surface area (Å²) in [5.41, 5.74) is 10.3. The zero-order valence-corrected chi connectivity index (χ0v) is 26.3. The van der Waals surface area contributed by atoms with Gasteiger partial charge in [0.05, 0.1) is 0 Å². The molecule has 2 aromatic heterocycles. The van der Waals surface area contributed by atoms with Crippen LogP contribution in [0.15, 0.2) is 140 Å². The van der Waals surface area contributed by atoms with Crippen molar-refractivity contribution in [3.63, 3.8) is 0 Å². The second kappa shape index (κ2) is 10.3. The van der Waals surface area contributed by atoms with Crippen molar-refractivity contribution in [3.8, 4) is 56.4 Å². The van der Waals surface area contributed by atoms with E-state index in [0.29, 0.717) is 17.5 Å². The van der Waals surface area contributed by atoms with E-state index in [-0.39, 0.29) is 5.41 Å². The van der Waals surface area contributed by atoms with Gasteiger partial charge in [-0.05, 0) is 45.5 Å². The van der Waals surface area contributed by atoms with Crippen molar-refractivity contribution in [2.45, 2.75) is 19.3 Å². The van der Waals surface area contributed by atoms with E-state index in [1.165, 1.54) is 48.0 Å². The van der Waals surface area contributed by atoms with Crippen LogP contribution in [0, 0.1) is 0 Å². The third-order valence-corrected chi connectivity index (χ3v) is 10.6. The maximum atomic E-state index is 5.21. The minimum atomic E-state index is -0.109. The first-order valence-electron chi connectivity index (χ1n) is 15.6. The summed E-state index contributed by atoms with van der Waals surface area (Å²) in [6, 6.07) is 49.4. The fraction of sp³-hybridized carbons (Fsp3) is 0.0714. The van der Waals surface area contributed by atoms with Crippen LogP contribution >= 0.6 is 11.3 Å². The van der Waals surface area contributed by atoms with Crippen LogP contribution in [0.5, 0.6) is 0 Å². The third kappa shape index (κ3) is 4.14. The van der Waals surface area contributed by atoms with Gasteiger partial charge < -0.3 is 0 Å². The lowest BCUT2D eigenvalue weighted by molar-refractivity contribution is 0.660. The zero-order chi connectivity index (χ0) is 30.8. The summed E-state index contributed by atoms with van der Waals surface area (Å²) in [4.78, 5) is 15.4. The first-order valence-corrected chi connectivity index (χ1v) is 16.4. The van der Waals surface area contributed by atoms with E-state index in [9.17, 15) is 0 Å². The molecular formula is C42H29N3S. The van der Waals surface area contributed by atoms with Crippen molar-refractivity contribution >= 4 is 31.5 Å². The number of benzene rings is 6. The lowest BCUT2D eigenvalue weighted by Crippen LogP contribution is -2.14. The van der Waals surface area contributed by atoms with Gasteiger partial charge in [-0.15, -0.1) is 11.3 Å². The summed E-state index contributed by atoms with van der Waals surface area (Å²) >= 11 is 1.85. The Morgan fingerprint density at radius 3 is 1.93 bits per heavy atom. The molecule has 218 valence electrons. The van der Waals surface area contributed by atoms with Crippen molar-refractivity contribution < 1.29 is 0 Å². The molecule has 0 radical (unpaired) electrons. The van der Waals surface area contributed by atoms with Gasteiger partial charge in [0.2, 0.25) is 0 Å². The highest BCUT2D eigenvalue weighted by Crippen LogP contribution is 2.51. The predicted octanol–water partition coefficient (Wildman–Crippen LogP) is 11.2. The average Bonchev–Trinajstić information content (AvgIpc) is 3.61. The zero-order valence-electron chi connectivity index (χ0n) is 25.5. The molecule has 0 bridgehead atoms. The Kier molecular flexibility index (Phi) is 6.02. The van der Waals surface area contributed by atoms with Crippen LogP contribution in [0.4, 0.5) is 0 Å². The molecule has 6 aromatic carbocycles. The second-order valence-corrected chi connectivity index (χ2v) is 13.5. The Hall–Kier alpha value is -5.45. The lowest BCUT2D eigenvalue weighted by Gasteiger charge is -2.21. The lowest BCUT2D eigenvalue weighted by atomic mass is 9.82. The monoisotopic (exact) mass is 607 g/mol. The molecule has 46 heavy (non-hydrogen) atoms. The van der Waals surface area contributed by atoms with Crippen molar-refractivity contribution in [2.75, 3.05) is 0 Å². The Morgan fingerprint density at radius 2 is 1.04 bits per heavy atom. The maximum absolute atomic E-state index is 5.21. The molecule has 0 spiro atoms. The van der Waals surface area contributed by atoms with Crippen molar-refractivity contribution in [2.24, 2.45) is 0 Å². The summed E-state index contributed by atoms with van der Waals surface area (Å²) in [6.07, 6.45) is 0. The molecule has 4 heteroatoms.